The maximum absolute atomic E-state index is 13.0. The number of fused-ring (bicyclic) bond motifs is 2. The molecule has 5 rings (SSSR count). The Bertz CT molecular complexity index is 1030. The molecule has 8 nitrogen and oxygen atoms in total. The highest BCUT2D eigenvalue weighted by atomic mass is 16.7. The van der Waals surface area contributed by atoms with Gasteiger partial charge in [-0.3, -0.25) is 14.5 Å². The first kappa shape index (κ1) is 19.1. The van der Waals surface area contributed by atoms with Crippen LogP contribution in [0.15, 0.2) is 29.1 Å². The summed E-state index contributed by atoms with van der Waals surface area (Å²) < 4.78 is 12.2. The van der Waals surface area contributed by atoms with Crippen LogP contribution in [0, 0.1) is 0 Å². The molecule has 3 aliphatic rings. The molecule has 1 aromatic heterocycles. The Morgan fingerprint density at radius 3 is 2.73 bits per heavy atom. The number of hydrogen-bond donors (Lipinski definition) is 0. The number of piperazine rings is 1. The maximum Gasteiger partial charge on any atom is 0.267 e. The number of amides is 1. The third-order valence-electron chi connectivity index (χ3n) is 6.23. The van der Waals surface area contributed by atoms with Crippen LogP contribution in [0.25, 0.3) is 0 Å². The van der Waals surface area contributed by atoms with Crippen LogP contribution in [-0.2, 0) is 24.2 Å². The quantitative estimate of drug-likeness (QED) is 0.758. The second-order valence-corrected chi connectivity index (χ2v) is 8.22. The van der Waals surface area contributed by atoms with Crippen molar-refractivity contribution in [2.24, 2.45) is 0 Å². The van der Waals surface area contributed by atoms with Crippen molar-refractivity contribution in [3.8, 4) is 11.5 Å². The number of aryl methyl sites for hydroxylation is 2. The van der Waals surface area contributed by atoms with Crippen molar-refractivity contribution in [2.45, 2.75) is 38.8 Å². The average molecular weight is 410 g/mol. The van der Waals surface area contributed by atoms with Crippen molar-refractivity contribution >= 4 is 5.91 Å². The number of ether oxygens (including phenoxy) is 2. The highest BCUT2D eigenvalue weighted by Crippen LogP contribution is 2.32. The number of carbonyl (C=O) groups is 1. The van der Waals surface area contributed by atoms with E-state index in [9.17, 15) is 9.59 Å². The fraction of sp³-hybridized carbons (Fsp3) is 0.500. The van der Waals surface area contributed by atoms with Crippen molar-refractivity contribution in [2.75, 3.05) is 33.0 Å². The van der Waals surface area contributed by atoms with Gasteiger partial charge in [-0.25, -0.2) is 4.68 Å². The summed E-state index contributed by atoms with van der Waals surface area (Å²) >= 11 is 0. The SMILES string of the molecule is CC(C(=O)N1CCN(Cc2ccc3c(c2)OCO3)CC1)n1nc2c(cc1=O)CCC2. The Morgan fingerprint density at radius 1 is 1.10 bits per heavy atom. The summed E-state index contributed by atoms with van der Waals surface area (Å²) in [6.45, 7) is 5.73. The zero-order valence-corrected chi connectivity index (χ0v) is 17.2. The third kappa shape index (κ3) is 3.56. The summed E-state index contributed by atoms with van der Waals surface area (Å²) in [4.78, 5) is 29.6. The molecule has 30 heavy (non-hydrogen) atoms. The van der Waals surface area contributed by atoms with Crippen molar-refractivity contribution in [1.82, 2.24) is 19.6 Å². The van der Waals surface area contributed by atoms with Gasteiger partial charge < -0.3 is 14.4 Å². The van der Waals surface area contributed by atoms with Crippen LogP contribution in [0.5, 0.6) is 11.5 Å². The molecule has 1 unspecified atom stereocenters. The predicted molar refractivity (Wildman–Crippen MR) is 110 cm³/mol. The largest absolute Gasteiger partial charge is 0.454 e. The summed E-state index contributed by atoms with van der Waals surface area (Å²) in [6, 6.07) is 7.10. The Hall–Kier alpha value is -2.87. The second kappa shape index (κ2) is 7.75. The average Bonchev–Trinajstić information content (AvgIpc) is 3.41. The van der Waals surface area contributed by atoms with Crippen LogP contribution >= 0.6 is 0 Å². The summed E-state index contributed by atoms with van der Waals surface area (Å²) in [6.07, 6.45) is 2.82. The highest BCUT2D eigenvalue weighted by Gasteiger charge is 2.28. The van der Waals surface area contributed by atoms with Gasteiger partial charge in [-0.15, -0.1) is 0 Å². The van der Waals surface area contributed by atoms with E-state index in [0.29, 0.717) is 13.1 Å². The zero-order chi connectivity index (χ0) is 20.7. The monoisotopic (exact) mass is 410 g/mol. The Kier molecular flexibility index (Phi) is 4.94. The van der Waals surface area contributed by atoms with Crippen LogP contribution in [0.1, 0.15) is 36.2 Å². The van der Waals surface area contributed by atoms with E-state index in [1.54, 1.807) is 13.0 Å². The first-order valence-electron chi connectivity index (χ1n) is 10.6. The van der Waals surface area contributed by atoms with Crippen molar-refractivity contribution in [1.29, 1.82) is 0 Å². The van der Waals surface area contributed by atoms with Gasteiger partial charge in [0.2, 0.25) is 12.7 Å². The Labute approximate surface area is 175 Å². The summed E-state index contributed by atoms with van der Waals surface area (Å²) in [5, 5.41) is 4.49. The standard InChI is InChI=1S/C22H26N4O4/c1-15(26-21(27)12-17-3-2-4-18(17)23-26)22(28)25-9-7-24(8-10-25)13-16-5-6-19-20(11-16)30-14-29-19/h5-6,11-12,15H,2-4,7-10,13-14H2,1H3. The van der Waals surface area contributed by atoms with Gasteiger partial charge in [-0.1, -0.05) is 6.07 Å². The second-order valence-electron chi connectivity index (χ2n) is 8.22. The van der Waals surface area contributed by atoms with Crippen LogP contribution < -0.4 is 15.0 Å². The molecule has 3 heterocycles. The molecule has 0 spiro atoms. The van der Waals surface area contributed by atoms with Gasteiger partial charge in [-0.05, 0) is 49.4 Å². The van der Waals surface area contributed by atoms with Gasteiger partial charge in [0.25, 0.3) is 5.56 Å². The van der Waals surface area contributed by atoms with Crippen LogP contribution in [0.2, 0.25) is 0 Å². The lowest BCUT2D eigenvalue weighted by Gasteiger charge is -2.36. The molecule has 2 aliphatic heterocycles. The molecule has 8 heteroatoms. The van der Waals surface area contributed by atoms with Crippen LogP contribution in [0.4, 0.5) is 0 Å². The fourth-order valence-corrected chi connectivity index (χ4v) is 4.49. The minimum absolute atomic E-state index is 0.0368. The van der Waals surface area contributed by atoms with Gasteiger partial charge >= 0.3 is 0 Å². The van der Waals surface area contributed by atoms with Gasteiger partial charge in [0.1, 0.15) is 6.04 Å². The van der Waals surface area contributed by atoms with Gasteiger partial charge in [-0.2, -0.15) is 5.10 Å². The van der Waals surface area contributed by atoms with E-state index in [2.05, 4.69) is 16.1 Å². The van der Waals surface area contributed by atoms with E-state index in [-0.39, 0.29) is 18.3 Å². The topological polar surface area (TPSA) is 76.9 Å². The normalized spacial score (nSPS) is 19.0. The number of benzene rings is 1. The molecule has 158 valence electrons. The molecule has 0 N–H and O–H groups in total. The van der Waals surface area contributed by atoms with E-state index in [1.807, 2.05) is 17.0 Å². The Balaban J connectivity index is 1.20. The van der Waals surface area contributed by atoms with E-state index in [4.69, 9.17) is 9.47 Å². The molecule has 1 atom stereocenters. The molecule has 1 amide bonds. The summed E-state index contributed by atoms with van der Waals surface area (Å²) in [7, 11) is 0. The van der Waals surface area contributed by atoms with E-state index < -0.39 is 6.04 Å². The van der Waals surface area contributed by atoms with Gasteiger partial charge in [0.05, 0.1) is 5.69 Å². The number of nitrogens with zero attached hydrogens (tertiary/aromatic N) is 4. The molecule has 0 saturated carbocycles. The number of rotatable bonds is 4. The lowest BCUT2D eigenvalue weighted by Crippen LogP contribution is -2.50. The molecular formula is C22H26N4O4. The van der Waals surface area contributed by atoms with Gasteiger partial charge in [0, 0.05) is 38.8 Å². The lowest BCUT2D eigenvalue weighted by atomic mass is 10.1. The molecule has 1 fully saturated rings. The zero-order valence-electron chi connectivity index (χ0n) is 17.2. The van der Waals surface area contributed by atoms with Crippen LogP contribution in [-0.4, -0.2) is 58.5 Å². The van der Waals surface area contributed by atoms with Crippen molar-refractivity contribution in [3.05, 3.63) is 51.4 Å². The minimum Gasteiger partial charge on any atom is -0.454 e. The summed E-state index contributed by atoms with van der Waals surface area (Å²) in [5.41, 5.74) is 2.98. The highest BCUT2D eigenvalue weighted by molar-refractivity contribution is 5.80. The van der Waals surface area contributed by atoms with Gasteiger partial charge in [0.15, 0.2) is 11.5 Å². The third-order valence-corrected chi connectivity index (χ3v) is 6.23. The van der Waals surface area contributed by atoms with E-state index in [1.165, 1.54) is 10.2 Å². The maximum atomic E-state index is 13.0. The van der Waals surface area contributed by atoms with Crippen molar-refractivity contribution in [3.63, 3.8) is 0 Å². The molecule has 2 aromatic rings. The summed E-state index contributed by atoms with van der Waals surface area (Å²) in [5.74, 6) is 1.55. The molecular weight excluding hydrogens is 384 g/mol. The molecule has 1 saturated heterocycles. The Morgan fingerprint density at radius 2 is 1.90 bits per heavy atom. The molecule has 0 bridgehead atoms. The molecule has 1 aromatic carbocycles. The minimum atomic E-state index is -0.580. The fourth-order valence-electron chi connectivity index (χ4n) is 4.49. The van der Waals surface area contributed by atoms with Crippen LogP contribution in [0.3, 0.4) is 0 Å². The molecule has 1 aliphatic carbocycles. The van der Waals surface area contributed by atoms with E-state index in [0.717, 1.165) is 61.7 Å². The number of hydrogen-bond acceptors (Lipinski definition) is 6. The van der Waals surface area contributed by atoms with Crippen molar-refractivity contribution < 1.29 is 14.3 Å². The number of aromatic nitrogens is 2. The van der Waals surface area contributed by atoms with E-state index >= 15 is 0 Å². The number of carbonyl (C=O) groups excluding carboxylic acids is 1. The first-order chi connectivity index (χ1) is 14.6. The lowest BCUT2D eigenvalue weighted by molar-refractivity contribution is -0.136. The predicted octanol–water partition coefficient (Wildman–Crippen LogP) is 1.37. The molecule has 0 radical (unpaired) electrons. The smallest absolute Gasteiger partial charge is 0.267 e. The first-order valence-corrected chi connectivity index (χ1v) is 10.6.